The number of carbonyl (C=O) groups excluding carboxylic acids is 8. The van der Waals surface area contributed by atoms with E-state index in [1.165, 1.54) is 19.1 Å². The van der Waals surface area contributed by atoms with Crippen LogP contribution in [0, 0.1) is 41.4 Å². The number of likely N-dealkylation sites (tertiary alicyclic amines) is 1. The summed E-state index contributed by atoms with van der Waals surface area (Å²) in [7, 11) is 6.20. The lowest BCUT2D eigenvalue weighted by Gasteiger charge is -2.41. The number of likely N-dealkylation sites (N-methyl/N-ethyl adjacent to an activating group) is 2. The normalized spacial score (nSPS) is 16.9. The van der Waals surface area contributed by atoms with Gasteiger partial charge in [-0.05, 0) is 90.7 Å². The van der Waals surface area contributed by atoms with Crippen molar-refractivity contribution < 1.29 is 57.7 Å². The van der Waals surface area contributed by atoms with Gasteiger partial charge in [-0.3, -0.25) is 38.5 Å². The van der Waals surface area contributed by atoms with Crippen molar-refractivity contribution in [1.82, 2.24) is 35.3 Å². The predicted molar refractivity (Wildman–Crippen MR) is 350 cm³/mol. The van der Waals surface area contributed by atoms with Crippen molar-refractivity contribution in [2.24, 2.45) is 41.4 Å². The lowest BCUT2D eigenvalue weighted by Crippen LogP contribution is -2.60. The zero-order chi connectivity index (χ0) is 67.1. The van der Waals surface area contributed by atoms with Crippen molar-refractivity contribution in [2.75, 3.05) is 46.7 Å². The maximum atomic E-state index is 14.8. The van der Waals surface area contributed by atoms with E-state index >= 15 is 0 Å². The third-order valence-corrected chi connectivity index (χ3v) is 17.7. The van der Waals surface area contributed by atoms with Gasteiger partial charge < -0.3 is 45.1 Å². The van der Waals surface area contributed by atoms with E-state index in [-0.39, 0.29) is 103 Å². The quantitative estimate of drug-likeness (QED) is 0.0390. The molecule has 20 nitrogen and oxygen atoms in total. The van der Waals surface area contributed by atoms with Crippen molar-refractivity contribution in [3.63, 3.8) is 0 Å². The zero-order valence-corrected chi connectivity index (χ0v) is 56.2. The van der Waals surface area contributed by atoms with Crippen molar-refractivity contribution in [3.8, 4) is 0 Å². The van der Waals surface area contributed by atoms with Gasteiger partial charge in [0.1, 0.15) is 30.3 Å². The van der Waals surface area contributed by atoms with Gasteiger partial charge in [-0.2, -0.15) is 0 Å². The first-order chi connectivity index (χ1) is 42.6. The van der Waals surface area contributed by atoms with Crippen LogP contribution in [-0.4, -0.2) is 161 Å². The molecule has 20 heteroatoms. The fourth-order valence-corrected chi connectivity index (χ4v) is 11.9. The number of aliphatic hydroxyl groups is 1. The van der Waals surface area contributed by atoms with Gasteiger partial charge in [0.25, 0.3) is 0 Å². The Hall–Kier alpha value is -7.16. The number of anilines is 1. The molecule has 1 aromatic heterocycles. The Kier molecular flexibility index (Phi) is 30.6. The monoisotopic (exact) mass is 1250 g/mol. The Bertz CT molecular complexity index is 2840. The van der Waals surface area contributed by atoms with Gasteiger partial charge in [0.05, 0.1) is 54.2 Å². The molecular formula is C70H104N8O12. The second-order valence-corrected chi connectivity index (χ2v) is 25.4. The Morgan fingerprint density at radius 1 is 0.744 bits per heavy atom. The zero-order valence-electron chi connectivity index (χ0n) is 56.2. The van der Waals surface area contributed by atoms with Crippen LogP contribution >= 0.6 is 0 Å². The summed E-state index contributed by atoms with van der Waals surface area (Å²) < 4.78 is 17.8. The molecule has 12 atom stereocenters. The molecule has 0 bridgehead atoms. The summed E-state index contributed by atoms with van der Waals surface area (Å²) in [6, 6.07) is 14.1. The molecule has 1 saturated heterocycles. The van der Waals surface area contributed by atoms with Gasteiger partial charge in [-0.25, -0.2) is 14.8 Å². The van der Waals surface area contributed by atoms with Crippen molar-refractivity contribution >= 4 is 65.2 Å². The van der Waals surface area contributed by atoms with Gasteiger partial charge in [0.15, 0.2) is 5.78 Å². The smallest absolute Gasteiger partial charge is 0.410 e. The van der Waals surface area contributed by atoms with Crippen LogP contribution in [0.1, 0.15) is 162 Å². The number of aromatic nitrogens is 2. The van der Waals surface area contributed by atoms with Crippen LogP contribution in [0.2, 0.25) is 0 Å². The summed E-state index contributed by atoms with van der Waals surface area (Å²) >= 11 is 0. The molecule has 0 aliphatic carbocycles. The maximum Gasteiger partial charge on any atom is 0.410 e. The second-order valence-electron chi connectivity index (χ2n) is 25.4. The number of amides is 5. The molecule has 0 saturated carbocycles. The van der Waals surface area contributed by atoms with Crippen LogP contribution in [0.5, 0.6) is 0 Å². The number of hydrogen-bond acceptors (Lipinski definition) is 15. The van der Waals surface area contributed by atoms with Crippen LogP contribution in [0.25, 0.3) is 12.2 Å². The number of hydrogen-bond donors (Lipinski definition) is 4. The van der Waals surface area contributed by atoms with Gasteiger partial charge in [0.2, 0.25) is 29.6 Å². The summed E-state index contributed by atoms with van der Waals surface area (Å²) in [5.41, 5.74) is 3.33. The SMILES string of the molecule is C=Cc1cc(C=C)nc(NCCCC(=O)C[C@H](C(=O)N[C@@H](C)C(=O)Cc2ccc(COC(=O)N(C)[C@H](C(=O)N[C@H](C(=O)N(C)[C@@H]([C@@H](C)CC)[C@@H](CC(=O)N3CCC[C@H]3[C@H](OC)[C@@H](C)C(=O)C[C@H](C)[C@@H](O)c3ccccc3)OC)C(C)C)C(C)C)cc2)C(C)C)n1. The van der Waals surface area contributed by atoms with Crippen molar-refractivity contribution in [1.29, 1.82) is 0 Å². The Morgan fingerprint density at radius 2 is 1.37 bits per heavy atom. The molecule has 3 aromatic rings. The number of carbonyl (C=O) groups is 8. The summed E-state index contributed by atoms with van der Waals surface area (Å²) in [5, 5.41) is 19.9. The van der Waals surface area contributed by atoms with Gasteiger partial charge in [0, 0.05) is 78.9 Å². The molecule has 2 heterocycles. The standard InChI is InChI=1S/C70H104N8O12/c1-18-45(10)63(59(88-16)40-60(82)78-35-25-29-56(78)65(89-17)47(12)57(80)36-46(11)64(83)51-26-22-21-23-27-51)76(14)68(86)61(43(6)7)75-67(85)62(44(8)9)77(15)70(87)90-41-50-32-30-49(31-33-50)37-58(81)48(13)72-66(84)55(42(4)5)39-54(79)28-24-34-71-69-73-52(19-2)38-53(20-3)74-69/h19-23,26-27,30-33,38,42-48,55-56,59,61-65,83H,2-3,18,24-25,28-29,34-37,39-41H2,1,4-17H3,(H,72,84)(H,75,85)(H,71,73,74)/t45-,46-,47-,48-,55-,56-,59+,61-,62-,63-,64+,65+/m0/s1. The van der Waals surface area contributed by atoms with Crippen LogP contribution < -0.4 is 16.0 Å². The van der Waals surface area contributed by atoms with E-state index in [2.05, 4.69) is 39.1 Å². The topological polar surface area (TPSA) is 256 Å². The van der Waals surface area contributed by atoms with Crippen LogP contribution in [-0.2, 0) is 60.8 Å². The van der Waals surface area contributed by atoms with E-state index < -0.39 is 72.2 Å². The average molecular weight is 1250 g/mol. The lowest BCUT2D eigenvalue weighted by atomic mass is 9.85. The molecule has 496 valence electrons. The van der Waals surface area contributed by atoms with Gasteiger partial charge in [-0.1, -0.05) is 143 Å². The van der Waals surface area contributed by atoms with E-state index in [4.69, 9.17) is 14.2 Å². The fourth-order valence-electron chi connectivity index (χ4n) is 11.9. The van der Waals surface area contributed by atoms with Crippen LogP contribution in [0.3, 0.4) is 0 Å². The molecular weight excluding hydrogens is 1140 g/mol. The fraction of sp³-hybridized carbons (Fsp3) is 0.600. The molecule has 4 N–H and O–H groups in total. The van der Waals surface area contributed by atoms with Gasteiger partial charge in [-0.15, -0.1) is 0 Å². The number of Topliss-reactive ketones (excluding diaryl/α,β-unsaturated/α-hetero) is 3. The van der Waals surface area contributed by atoms with Crippen LogP contribution in [0.4, 0.5) is 10.7 Å². The third-order valence-electron chi connectivity index (χ3n) is 17.7. The molecule has 0 spiro atoms. The van der Waals surface area contributed by atoms with Crippen molar-refractivity contribution in [3.05, 3.63) is 102 Å². The Labute approximate surface area is 535 Å². The summed E-state index contributed by atoms with van der Waals surface area (Å²) in [6.07, 6.45) is 3.20. The Morgan fingerprint density at radius 3 is 1.92 bits per heavy atom. The van der Waals surface area contributed by atoms with Gasteiger partial charge >= 0.3 is 6.09 Å². The average Bonchev–Trinajstić information content (AvgIpc) is 1.58. The first-order valence-corrected chi connectivity index (χ1v) is 32.0. The molecule has 0 radical (unpaired) electrons. The first kappa shape index (κ1) is 75.3. The molecule has 1 fully saturated rings. The largest absolute Gasteiger partial charge is 0.445 e. The van der Waals surface area contributed by atoms with E-state index in [1.54, 1.807) is 87.2 Å². The number of ketones is 3. The highest BCUT2D eigenvalue weighted by Gasteiger charge is 2.44. The molecule has 4 rings (SSSR count). The minimum atomic E-state index is -1.03. The minimum absolute atomic E-state index is 0.0199. The number of nitrogens with one attached hydrogen (secondary N) is 3. The maximum absolute atomic E-state index is 14.8. The number of nitrogens with zero attached hydrogens (tertiary/aromatic N) is 5. The highest BCUT2D eigenvalue weighted by molar-refractivity contribution is 5.93. The minimum Gasteiger partial charge on any atom is -0.445 e. The van der Waals surface area contributed by atoms with E-state index in [1.807, 2.05) is 85.7 Å². The summed E-state index contributed by atoms with van der Waals surface area (Å²) in [6.45, 7) is 28.5. The third kappa shape index (κ3) is 21.5. The number of ether oxygens (including phenoxy) is 3. The second kappa shape index (κ2) is 36.6. The molecule has 0 unspecified atom stereocenters. The molecule has 2 aromatic carbocycles. The molecule has 1 aliphatic heterocycles. The highest BCUT2D eigenvalue weighted by atomic mass is 16.6. The molecule has 5 amide bonds. The summed E-state index contributed by atoms with van der Waals surface area (Å²) in [5.74, 6) is -4.07. The molecule has 90 heavy (non-hydrogen) atoms. The number of aliphatic hydroxyl groups excluding tert-OH is 1. The van der Waals surface area contributed by atoms with Crippen LogP contribution in [0.15, 0.2) is 73.8 Å². The first-order valence-electron chi connectivity index (χ1n) is 32.0. The highest BCUT2D eigenvalue weighted by Crippen LogP contribution is 2.33. The van der Waals surface area contributed by atoms with Crippen molar-refractivity contribution in [2.45, 2.75) is 189 Å². The lowest BCUT2D eigenvalue weighted by molar-refractivity contribution is -0.148. The number of methoxy groups -OCH3 is 2. The van der Waals surface area contributed by atoms with E-state index in [0.29, 0.717) is 67.2 Å². The summed E-state index contributed by atoms with van der Waals surface area (Å²) in [4.78, 5) is 124. The predicted octanol–water partition coefficient (Wildman–Crippen LogP) is 9.49. The molecule has 1 aliphatic rings. The van der Waals surface area contributed by atoms with E-state index in [9.17, 15) is 43.5 Å². The van der Waals surface area contributed by atoms with E-state index in [0.717, 1.165) is 5.56 Å². The number of rotatable bonds is 38. The Balaban J connectivity index is 1.32. The number of benzene rings is 2.